The van der Waals surface area contributed by atoms with E-state index in [0.717, 1.165) is 5.52 Å². The van der Waals surface area contributed by atoms with Gasteiger partial charge in [-0.05, 0) is 35.0 Å². The fraction of sp³-hybridized carbons (Fsp3) is 0. The first kappa shape index (κ1) is 22.4. The number of hydrogen-bond acceptors (Lipinski definition) is 2. The van der Waals surface area contributed by atoms with Crippen LogP contribution in [-0.2, 0) is 0 Å². The average molecular weight is 415 g/mol. The molecule has 0 radical (unpaired) electrons. The summed E-state index contributed by atoms with van der Waals surface area (Å²) < 4.78 is 0. The van der Waals surface area contributed by atoms with Crippen molar-refractivity contribution >= 4 is 21.7 Å². The molecule has 0 fully saturated rings. The molecule has 0 aliphatic carbocycles. The molecule has 0 spiro atoms. The van der Waals surface area contributed by atoms with Crippen LogP contribution in [0.4, 0.5) is 0 Å². The van der Waals surface area contributed by atoms with Crippen molar-refractivity contribution in [3.8, 4) is 0 Å². The number of hydrogen-bond donors (Lipinski definition) is 0. The predicted octanol–water partition coefficient (Wildman–Crippen LogP) is 7.84. The van der Waals surface area contributed by atoms with E-state index in [1.54, 1.807) is 12.4 Å². The number of aromatic nitrogens is 2. The Kier molecular flexibility index (Phi) is 9.68. The summed E-state index contributed by atoms with van der Waals surface area (Å²) in [5.74, 6) is 0. The van der Waals surface area contributed by atoms with E-state index in [4.69, 9.17) is 0 Å². The fourth-order valence-electron chi connectivity index (χ4n) is 2.85. The molecular weight excluding hydrogens is 388 g/mol. The van der Waals surface area contributed by atoms with Crippen molar-refractivity contribution in [3.05, 3.63) is 158 Å². The highest BCUT2D eigenvalue weighted by Crippen LogP contribution is 2.11. The molecule has 6 rings (SSSR count). The second kappa shape index (κ2) is 13.8. The van der Waals surface area contributed by atoms with Crippen LogP contribution >= 0.6 is 0 Å². The molecular formula is C30H26N2. The van der Waals surface area contributed by atoms with Crippen molar-refractivity contribution in [2.24, 2.45) is 0 Å². The maximum atomic E-state index is 4.18. The maximum absolute atomic E-state index is 4.18. The lowest BCUT2D eigenvalue weighted by Gasteiger charge is -1.92. The van der Waals surface area contributed by atoms with Gasteiger partial charge in [-0.25, -0.2) is 0 Å². The zero-order valence-corrected chi connectivity index (χ0v) is 17.9. The standard InChI is InChI=1S/C10H8.C9H7N.C6H6.C5H5N/c1-2-6-10-8-4-3-7-9(10)5-1;1-2-6-9-8(4-1)5-3-7-10-9;2*1-2-4-6-5-3-1/h1-8H;1-7H;1-6H;1-5H. The zero-order valence-electron chi connectivity index (χ0n) is 17.9. The Morgan fingerprint density at radius 3 is 1.12 bits per heavy atom. The normalized spacial score (nSPS) is 9.25. The lowest BCUT2D eigenvalue weighted by atomic mass is 10.1. The van der Waals surface area contributed by atoms with Gasteiger partial charge in [-0.1, -0.05) is 115 Å². The molecule has 156 valence electrons. The fourth-order valence-corrected chi connectivity index (χ4v) is 2.85. The quantitative estimate of drug-likeness (QED) is 0.253. The predicted molar refractivity (Wildman–Crippen MR) is 136 cm³/mol. The van der Waals surface area contributed by atoms with Gasteiger partial charge in [0.2, 0.25) is 0 Å². The van der Waals surface area contributed by atoms with E-state index < -0.39 is 0 Å². The van der Waals surface area contributed by atoms with Crippen LogP contribution in [0.15, 0.2) is 158 Å². The molecule has 0 N–H and O–H groups in total. The summed E-state index contributed by atoms with van der Waals surface area (Å²) in [6.07, 6.45) is 5.31. The Balaban J connectivity index is 0.000000124. The van der Waals surface area contributed by atoms with Crippen LogP contribution < -0.4 is 0 Å². The molecule has 0 amide bonds. The smallest absolute Gasteiger partial charge is 0.0701 e. The van der Waals surface area contributed by atoms with E-state index in [1.165, 1.54) is 16.2 Å². The minimum absolute atomic E-state index is 1.06. The van der Waals surface area contributed by atoms with Crippen molar-refractivity contribution in [1.82, 2.24) is 9.97 Å². The molecule has 0 saturated carbocycles. The first-order valence-corrected chi connectivity index (χ1v) is 10.5. The highest BCUT2D eigenvalue weighted by atomic mass is 14.6. The molecule has 6 aromatic rings. The first-order valence-electron chi connectivity index (χ1n) is 10.5. The van der Waals surface area contributed by atoms with Crippen LogP contribution in [0.3, 0.4) is 0 Å². The van der Waals surface area contributed by atoms with E-state index in [-0.39, 0.29) is 0 Å². The summed E-state index contributed by atoms with van der Waals surface area (Å²) in [5, 5.41) is 3.82. The molecule has 2 aromatic heterocycles. The van der Waals surface area contributed by atoms with Crippen LogP contribution in [0.1, 0.15) is 0 Å². The van der Waals surface area contributed by atoms with Crippen molar-refractivity contribution in [2.45, 2.75) is 0 Å². The molecule has 0 aliphatic rings. The van der Waals surface area contributed by atoms with Crippen LogP contribution in [0.2, 0.25) is 0 Å². The molecule has 2 heteroatoms. The Bertz CT molecular complexity index is 982. The second-order valence-electron chi connectivity index (χ2n) is 6.72. The van der Waals surface area contributed by atoms with Gasteiger partial charge in [0, 0.05) is 24.0 Å². The molecule has 32 heavy (non-hydrogen) atoms. The first-order chi connectivity index (χ1) is 15.9. The third kappa shape index (κ3) is 8.21. The van der Waals surface area contributed by atoms with Gasteiger partial charge in [-0.3, -0.25) is 9.97 Å². The van der Waals surface area contributed by atoms with Crippen molar-refractivity contribution < 1.29 is 0 Å². The largest absolute Gasteiger partial charge is 0.265 e. The molecule has 0 atom stereocenters. The average Bonchev–Trinajstić information content (AvgIpc) is 2.92. The van der Waals surface area contributed by atoms with Crippen molar-refractivity contribution in [2.75, 3.05) is 0 Å². The van der Waals surface area contributed by atoms with Crippen LogP contribution in [0, 0.1) is 0 Å². The summed E-state index contributed by atoms with van der Waals surface area (Å²) in [6, 6.07) is 46.5. The lowest BCUT2D eigenvalue weighted by molar-refractivity contribution is 1.33. The number of rotatable bonds is 0. The molecule has 4 aromatic carbocycles. The molecule has 0 bridgehead atoms. The second-order valence-corrected chi connectivity index (χ2v) is 6.72. The number of pyridine rings is 2. The number of para-hydroxylation sites is 1. The maximum Gasteiger partial charge on any atom is 0.0701 e. The van der Waals surface area contributed by atoms with Gasteiger partial charge in [-0.2, -0.15) is 0 Å². The van der Waals surface area contributed by atoms with Gasteiger partial charge in [-0.15, -0.1) is 0 Å². The van der Waals surface area contributed by atoms with Crippen molar-refractivity contribution in [1.29, 1.82) is 0 Å². The third-order valence-electron chi connectivity index (χ3n) is 4.40. The molecule has 2 nitrogen and oxygen atoms in total. The van der Waals surface area contributed by atoms with Gasteiger partial charge < -0.3 is 0 Å². The SMILES string of the molecule is c1ccc2ccccc2c1.c1ccc2ncccc2c1.c1ccccc1.c1ccncc1. The highest BCUT2D eigenvalue weighted by Gasteiger charge is 1.87. The Labute approximate surface area is 189 Å². The van der Waals surface area contributed by atoms with Gasteiger partial charge >= 0.3 is 0 Å². The zero-order chi connectivity index (χ0) is 22.1. The highest BCUT2D eigenvalue weighted by molar-refractivity contribution is 5.82. The van der Waals surface area contributed by atoms with E-state index in [0.29, 0.717) is 0 Å². The number of benzene rings is 4. The summed E-state index contributed by atoms with van der Waals surface area (Å²) >= 11 is 0. The van der Waals surface area contributed by atoms with Gasteiger partial charge in [0.1, 0.15) is 0 Å². The monoisotopic (exact) mass is 414 g/mol. The number of fused-ring (bicyclic) bond motifs is 2. The summed E-state index contributed by atoms with van der Waals surface area (Å²) in [7, 11) is 0. The Morgan fingerprint density at radius 2 is 0.719 bits per heavy atom. The van der Waals surface area contributed by atoms with E-state index in [9.17, 15) is 0 Å². The van der Waals surface area contributed by atoms with Crippen LogP contribution in [-0.4, -0.2) is 9.97 Å². The van der Waals surface area contributed by atoms with Gasteiger partial charge in [0.05, 0.1) is 5.52 Å². The van der Waals surface area contributed by atoms with E-state index >= 15 is 0 Å². The molecule has 2 heterocycles. The number of nitrogens with zero attached hydrogens (tertiary/aromatic N) is 2. The summed E-state index contributed by atoms with van der Waals surface area (Å²) in [4.78, 5) is 7.97. The van der Waals surface area contributed by atoms with E-state index in [1.807, 2.05) is 85.1 Å². The van der Waals surface area contributed by atoms with Crippen molar-refractivity contribution in [3.63, 3.8) is 0 Å². The minimum Gasteiger partial charge on any atom is -0.265 e. The third-order valence-corrected chi connectivity index (χ3v) is 4.40. The van der Waals surface area contributed by atoms with Gasteiger partial charge in [0.25, 0.3) is 0 Å². The molecule has 0 saturated heterocycles. The Hall–Kier alpha value is -4.30. The van der Waals surface area contributed by atoms with Crippen LogP contribution in [0.25, 0.3) is 21.7 Å². The van der Waals surface area contributed by atoms with Gasteiger partial charge in [0.15, 0.2) is 0 Å². The Morgan fingerprint density at radius 1 is 0.312 bits per heavy atom. The molecule has 0 unspecified atom stereocenters. The molecule has 0 aliphatic heterocycles. The summed E-state index contributed by atoms with van der Waals surface area (Å²) in [5.41, 5.74) is 1.06. The van der Waals surface area contributed by atoms with Crippen LogP contribution in [0.5, 0.6) is 0 Å². The minimum atomic E-state index is 1.06. The summed E-state index contributed by atoms with van der Waals surface area (Å²) in [6.45, 7) is 0. The topological polar surface area (TPSA) is 25.8 Å². The lowest BCUT2D eigenvalue weighted by Crippen LogP contribution is -1.73. The van der Waals surface area contributed by atoms with E-state index in [2.05, 4.69) is 70.6 Å².